The maximum atomic E-state index is 13.6. The summed E-state index contributed by atoms with van der Waals surface area (Å²) in [5, 5.41) is 2.70. The molecule has 2 aromatic rings. The number of halogens is 2. The third-order valence-corrected chi connectivity index (χ3v) is 3.26. The standard InChI is InChI=1S/C15H13BrFNO/c1-2-10-4-3-5-12(8-10)18-15(19)13-9-11(16)6-7-14(13)17/h3-9H,2H2,1H3,(H,18,19). The molecule has 2 rings (SSSR count). The molecule has 98 valence electrons. The minimum absolute atomic E-state index is 0.0243. The van der Waals surface area contributed by atoms with Gasteiger partial charge in [-0.2, -0.15) is 0 Å². The summed E-state index contributed by atoms with van der Waals surface area (Å²) >= 11 is 3.23. The second kappa shape index (κ2) is 5.97. The highest BCUT2D eigenvalue weighted by Crippen LogP contribution is 2.18. The van der Waals surface area contributed by atoms with Gasteiger partial charge in [-0.05, 0) is 42.3 Å². The molecule has 0 fully saturated rings. The number of anilines is 1. The molecule has 0 atom stereocenters. The van der Waals surface area contributed by atoms with Crippen LogP contribution >= 0.6 is 15.9 Å². The molecule has 0 saturated heterocycles. The van der Waals surface area contributed by atoms with Crippen molar-refractivity contribution in [3.63, 3.8) is 0 Å². The third-order valence-electron chi connectivity index (χ3n) is 2.77. The minimum atomic E-state index is -0.535. The fourth-order valence-corrected chi connectivity index (χ4v) is 2.10. The zero-order chi connectivity index (χ0) is 13.8. The van der Waals surface area contributed by atoms with Crippen molar-refractivity contribution in [3.8, 4) is 0 Å². The summed E-state index contributed by atoms with van der Waals surface area (Å²) in [5.41, 5.74) is 1.81. The lowest BCUT2D eigenvalue weighted by Crippen LogP contribution is -2.13. The first kappa shape index (κ1) is 13.7. The molecule has 1 amide bonds. The normalized spacial score (nSPS) is 10.3. The van der Waals surface area contributed by atoms with E-state index >= 15 is 0 Å². The second-order valence-corrected chi connectivity index (χ2v) is 5.05. The number of carbonyl (C=O) groups is 1. The van der Waals surface area contributed by atoms with Gasteiger partial charge in [0.05, 0.1) is 5.56 Å². The van der Waals surface area contributed by atoms with Crippen LogP contribution in [-0.2, 0) is 6.42 Å². The van der Waals surface area contributed by atoms with E-state index in [0.717, 1.165) is 12.0 Å². The Bertz CT molecular complexity index is 613. The number of benzene rings is 2. The van der Waals surface area contributed by atoms with Crippen LogP contribution in [0.4, 0.5) is 10.1 Å². The maximum absolute atomic E-state index is 13.6. The van der Waals surface area contributed by atoms with Crippen LogP contribution in [0.1, 0.15) is 22.8 Å². The van der Waals surface area contributed by atoms with Crippen LogP contribution in [0.5, 0.6) is 0 Å². The van der Waals surface area contributed by atoms with Gasteiger partial charge in [-0.25, -0.2) is 4.39 Å². The van der Waals surface area contributed by atoms with Gasteiger partial charge in [0.25, 0.3) is 5.91 Å². The van der Waals surface area contributed by atoms with Crippen molar-refractivity contribution >= 4 is 27.5 Å². The van der Waals surface area contributed by atoms with Gasteiger partial charge < -0.3 is 5.32 Å². The van der Waals surface area contributed by atoms with Crippen LogP contribution in [0.15, 0.2) is 46.9 Å². The van der Waals surface area contributed by atoms with Crippen molar-refractivity contribution < 1.29 is 9.18 Å². The molecule has 0 aliphatic rings. The summed E-state index contributed by atoms with van der Waals surface area (Å²) in [7, 11) is 0. The van der Waals surface area contributed by atoms with E-state index in [1.165, 1.54) is 12.1 Å². The van der Waals surface area contributed by atoms with Gasteiger partial charge >= 0.3 is 0 Å². The maximum Gasteiger partial charge on any atom is 0.258 e. The summed E-state index contributed by atoms with van der Waals surface area (Å²) in [4.78, 5) is 12.0. The molecule has 0 unspecified atom stereocenters. The molecule has 0 heterocycles. The Hall–Kier alpha value is -1.68. The van der Waals surface area contributed by atoms with Gasteiger partial charge in [0.1, 0.15) is 5.82 Å². The number of nitrogens with one attached hydrogen (secondary N) is 1. The molecule has 2 aromatic carbocycles. The summed E-state index contributed by atoms with van der Waals surface area (Å²) in [6.07, 6.45) is 0.884. The van der Waals surface area contributed by atoms with Crippen LogP contribution in [-0.4, -0.2) is 5.91 Å². The van der Waals surface area contributed by atoms with E-state index in [-0.39, 0.29) is 5.56 Å². The number of hydrogen-bond donors (Lipinski definition) is 1. The quantitative estimate of drug-likeness (QED) is 0.891. The Morgan fingerprint density at radius 3 is 2.79 bits per heavy atom. The van der Waals surface area contributed by atoms with E-state index in [1.54, 1.807) is 12.1 Å². The zero-order valence-electron chi connectivity index (χ0n) is 10.4. The fraction of sp³-hybridized carbons (Fsp3) is 0.133. The first-order chi connectivity index (χ1) is 9.10. The largest absolute Gasteiger partial charge is 0.322 e. The lowest BCUT2D eigenvalue weighted by Gasteiger charge is -2.07. The summed E-state index contributed by atoms with van der Waals surface area (Å²) in [6.45, 7) is 2.04. The molecule has 0 aliphatic carbocycles. The smallest absolute Gasteiger partial charge is 0.258 e. The molecular formula is C15H13BrFNO. The molecule has 0 radical (unpaired) electrons. The predicted octanol–water partition coefficient (Wildman–Crippen LogP) is 4.40. The molecular weight excluding hydrogens is 309 g/mol. The fourth-order valence-electron chi connectivity index (χ4n) is 1.74. The molecule has 0 aliphatic heterocycles. The van der Waals surface area contributed by atoms with Crippen molar-refractivity contribution in [1.82, 2.24) is 0 Å². The molecule has 2 nitrogen and oxygen atoms in total. The second-order valence-electron chi connectivity index (χ2n) is 4.13. The highest BCUT2D eigenvalue weighted by molar-refractivity contribution is 9.10. The van der Waals surface area contributed by atoms with Gasteiger partial charge in [-0.3, -0.25) is 4.79 Å². The Morgan fingerprint density at radius 2 is 2.05 bits per heavy atom. The van der Waals surface area contributed by atoms with Crippen LogP contribution < -0.4 is 5.32 Å². The van der Waals surface area contributed by atoms with Gasteiger partial charge in [-0.1, -0.05) is 35.0 Å². The van der Waals surface area contributed by atoms with E-state index in [0.29, 0.717) is 10.2 Å². The van der Waals surface area contributed by atoms with E-state index in [2.05, 4.69) is 21.2 Å². The summed E-state index contributed by atoms with van der Waals surface area (Å²) in [6, 6.07) is 11.8. The average molecular weight is 322 g/mol. The Morgan fingerprint density at radius 1 is 1.26 bits per heavy atom. The monoisotopic (exact) mass is 321 g/mol. The lowest BCUT2D eigenvalue weighted by atomic mass is 10.1. The number of rotatable bonds is 3. The average Bonchev–Trinajstić information content (AvgIpc) is 2.41. The summed E-state index contributed by atoms with van der Waals surface area (Å²) < 4.78 is 14.3. The lowest BCUT2D eigenvalue weighted by molar-refractivity contribution is 0.102. The van der Waals surface area contributed by atoms with Gasteiger partial charge in [0, 0.05) is 10.2 Å². The molecule has 0 spiro atoms. The first-order valence-electron chi connectivity index (χ1n) is 5.95. The van der Waals surface area contributed by atoms with Gasteiger partial charge in [-0.15, -0.1) is 0 Å². The molecule has 0 bridgehead atoms. The van der Waals surface area contributed by atoms with E-state index in [4.69, 9.17) is 0 Å². The number of aryl methyl sites for hydroxylation is 1. The van der Waals surface area contributed by atoms with E-state index in [9.17, 15) is 9.18 Å². The van der Waals surface area contributed by atoms with Gasteiger partial charge in [0.15, 0.2) is 0 Å². The minimum Gasteiger partial charge on any atom is -0.322 e. The van der Waals surface area contributed by atoms with E-state index in [1.807, 2.05) is 25.1 Å². The number of amides is 1. The molecule has 0 aromatic heterocycles. The van der Waals surface area contributed by atoms with Crippen LogP contribution in [0.2, 0.25) is 0 Å². The Labute approximate surface area is 119 Å². The van der Waals surface area contributed by atoms with Crippen molar-refractivity contribution in [1.29, 1.82) is 0 Å². The zero-order valence-corrected chi connectivity index (χ0v) is 12.0. The van der Waals surface area contributed by atoms with E-state index < -0.39 is 11.7 Å². The molecule has 1 N–H and O–H groups in total. The predicted molar refractivity (Wildman–Crippen MR) is 77.9 cm³/mol. The number of carbonyl (C=O) groups excluding carboxylic acids is 1. The molecule has 19 heavy (non-hydrogen) atoms. The highest BCUT2D eigenvalue weighted by atomic mass is 79.9. The van der Waals surface area contributed by atoms with Crippen LogP contribution in [0, 0.1) is 5.82 Å². The van der Waals surface area contributed by atoms with Crippen molar-refractivity contribution in [2.24, 2.45) is 0 Å². The van der Waals surface area contributed by atoms with Gasteiger partial charge in [0.2, 0.25) is 0 Å². The van der Waals surface area contributed by atoms with Crippen molar-refractivity contribution in [2.75, 3.05) is 5.32 Å². The molecule has 0 saturated carbocycles. The first-order valence-corrected chi connectivity index (χ1v) is 6.75. The van der Waals surface area contributed by atoms with Crippen molar-refractivity contribution in [3.05, 3.63) is 63.9 Å². The topological polar surface area (TPSA) is 29.1 Å². The Balaban J connectivity index is 2.23. The third kappa shape index (κ3) is 3.41. The number of hydrogen-bond acceptors (Lipinski definition) is 1. The highest BCUT2D eigenvalue weighted by Gasteiger charge is 2.12. The molecule has 4 heteroatoms. The summed E-state index contributed by atoms with van der Waals surface area (Å²) in [5.74, 6) is -0.987. The van der Waals surface area contributed by atoms with Crippen molar-refractivity contribution in [2.45, 2.75) is 13.3 Å². The van der Waals surface area contributed by atoms with Crippen LogP contribution in [0.3, 0.4) is 0 Å². The van der Waals surface area contributed by atoms with Crippen LogP contribution in [0.25, 0.3) is 0 Å². The Kier molecular flexibility index (Phi) is 4.32. The SMILES string of the molecule is CCc1cccc(NC(=O)c2cc(Br)ccc2F)c1.